The Morgan fingerprint density at radius 1 is 1.04 bits per heavy atom. The van der Waals surface area contributed by atoms with Gasteiger partial charge in [0, 0.05) is 19.7 Å². The van der Waals surface area contributed by atoms with Crippen molar-refractivity contribution in [3.05, 3.63) is 64.1 Å². The number of rotatable bonds is 6. The van der Waals surface area contributed by atoms with Crippen LogP contribution in [0.2, 0.25) is 0 Å². The minimum Gasteiger partial charge on any atom is -0.324 e. The summed E-state index contributed by atoms with van der Waals surface area (Å²) in [6.45, 7) is 0.0207. The number of nitrogens with zero attached hydrogens (tertiary/aromatic N) is 3. The molecule has 0 spiro atoms. The predicted octanol–water partition coefficient (Wildman–Crippen LogP) is 0.985. The van der Waals surface area contributed by atoms with Gasteiger partial charge in [-0.15, -0.1) is 0 Å². The van der Waals surface area contributed by atoms with Crippen LogP contribution >= 0.6 is 0 Å². The largest absolute Gasteiger partial charge is 0.328 e. The zero-order valence-corrected chi connectivity index (χ0v) is 16.7. The van der Waals surface area contributed by atoms with Gasteiger partial charge in [0.05, 0.1) is 36.1 Å². The number of Topliss-reactive ketones (excluding diaryl/α,β-unsaturated/α-hetero) is 1. The molecule has 0 radical (unpaired) electrons. The Morgan fingerprint density at radius 3 is 2.21 bits per heavy atom. The highest BCUT2D eigenvalue weighted by Gasteiger charge is 2.20. The molecule has 2 aromatic carbocycles. The van der Waals surface area contributed by atoms with Crippen molar-refractivity contribution in [2.24, 2.45) is 19.8 Å². The van der Waals surface area contributed by atoms with E-state index in [0.717, 1.165) is 11.8 Å². The van der Waals surface area contributed by atoms with Crippen LogP contribution in [0.3, 0.4) is 0 Å². The summed E-state index contributed by atoms with van der Waals surface area (Å²) in [5.74, 6) is -0.179. The molecular weight excluding hydrogens is 380 g/mol. The number of aryl methyl sites for hydroxylation is 2. The molecule has 28 heavy (non-hydrogen) atoms. The number of imidazole rings is 1. The molecule has 0 aliphatic carbocycles. The summed E-state index contributed by atoms with van der Waals surface area (Å²) in [5.41, 5.74) is 8.20. The lowest BCUT2D eigenvalue weighted by atomic mass is 10.1. The molecule has 2 N–H and O–H groups in total. The first kappa shape index (κ1) is 19.8. The van der Waals surface area contributed by atoms with E-state index < -0.39 is 10.0 Å². The number of hydrogen-bond donors (Lipinski definition) is 1. The topological polar surface area (TPSA) is 107 Å². The van der Waals surface area contributed by atoms with Gasteiger partial charge in [0.15, 0.2) is 5.78 Å². The lowest BCUT2D eigenvalue weighted by Crippen LogP contribution is -2.29. The molecule has 1 aromatic heterocycles. The number of nitrogens with two attached hydrogens (primary N) is 1. The highest BCUT2D eigenvalue weighted by atomic mass is 32.2. The number of sulfonamides is 1. The van der Waals surface area contributed by atoms with E-state index in [0.29, 0.717) is 22.3 Å². The molecule has 0 aliphatic heterocycles. The van der Waals surface area contributed by atoms with Gasteiger partial charge in [-0.3, -0.25) is 18.2 Å². The minimum absolute atomic E-state index is 0.0787. The molecule has 0 amide bonds. The molecule has 3 aromatic rings. The van der Waals surface area contributed by atoms with Crippen LogP contribution in [-0.2, 0) is 30.7 Å². The van der Waals surface area contributed by atoms with Crippen LogP contribution < -0.4 is 15.7 Å². The summed E-state index contributed by atoms with van der Waals surface area (Å²) in [5, 5.41) is 0. The summed E-state index contributed by atoms with van der Waals surface area (Å²) in [6, 6.07) is 11.8. The molecule has 0 fully saturated rings. The van der Waals surface area contributed by atoms with E-state index in [1.54, 1.807) is 56.6 Å². The molecule has 0 atom stereocenters. The number of benzene rings is 2. The molecule has 9 heteroatoms. The van der Waals surface area contributed by atoms with Crippen molar-refractivity contribution in [1.29, 1.82) is 0 Å². The van der Waals surface area contributed by atoms with Crippen LogP contribution in [0.4, 0.5) is 5.69 Å². The van der Waals surface area contributed by atoms with Gasteiger partial charge >= 0.3 is 5.69 Å². The smallest absolute Gasteiger partial charge is 0.324 e. The first-order valence-electron chi connectivity index (χ1n) is 8.59. The standard InChI is InChI=1S/C19H22N4O4S/c1-21-16-9-8-15(10-17(16)22(2)19(21)25)23(28(3,26)27)12-13-4-6-14(7-5-13)18(24)11-20/h4-10H,11-12,20H2,1-3H3. The molecular formula is C19H22N4O4S. The average molecular weight is 402 g/mol. The predicted molar refractivity (Wildman–Crippen MR) is 109 cm³/mol. The summed E-state index contributed by atoms with van der Waals surface area (Å²) in [4.78, 5) is 23.8. The van der Waals surface area contributed by atoms with Crippen molar-refractivity contribution in [1.82, 2.24) is 9.13 Å². The fourth-order valence-electron chi connectivity index (χ4n) is 3.13. The number of carbonyl (C=O) groups excluding carboxylic acids is 1. The Morgan fingerprint density at radius 2 is 1.64 bits per heavy atom. The summed E-state index contributed by atoms with van der Waals surface area (Å²) >= 11 is 0. The van der Waals surface area contributed by atoms with E-state index in [1.807, 2.05) is 0 Å². The van der Waals surface area contributed by atoms with E-state index in [4.69, 9.17) is 5.73 Å². The zero-order valence-electron chi connectivity index (χ0n) is 15.9. The summed E-state index contributed by atoms with van der Waals surface area (Å²) < 4.78 is 29.1. The lowest BCUT2D eigenvalue weighted by Gasteiger charge is -2.23. The molecule has 0 aliphatic rings. The number of carbonyl (C=O) groups is 1. The van der Waals surface area contributed by atoms with Gasteiger partial charge in [-0.1, -0.05) is 24.3 Å². The molecule has 0 saturated carbocycles. The number of ketones is 1. The quantitative estimate of drug-likeness (QED) is 0.619. The average Bonchev–Trinajstić information content (AvgIpc) is 2.89. The van der Waals surface area contributed by atoms with Crippen molar-refractivity contribution in [2.45, 2.75) is 6.54 Å². The van der Waals surface area contributed by atoms with Gasteiger partial charge in [-0.05, 0) is 23.8 Å². The van der Waals surface area contributed by atoms with Crippen molar-refractivity contribution >= 4 is 32.5 Å². The molecule has 1 heterocycles. The van der Waals surface area contributed by atoms with Crippen LogP contribution in [-0.4, -0.2) is 36.1 Å². The van der Waals surface area contributed by atoms with E-state index in [2.05, 4.69) is 0 Å². The third kappa shape index (κ3) is 3.58. The van der Waals surface area contributed by atoms with Gasteiger partial charge < -0.3 is 5.73 Å². The lowest BCUT2D eigenvalue weighted by molar-refractivity contribution is 0.100. The highest BCUT2D eigenvalue weighted by molar-refractivity contribution is 7.92. The second-order valence-corrected chi connectivity index (χ2v) is 8.57. The molecule has 3 rings (SSSR count). The maximum atomic E-state index is 12.4. The second-order valence-electron chi connectivity index (χ2n) is 6.67. The fraction of sp³-hybridized carbons (Fsp3) is 0.263. The van der Waals surface area contributed by atoms with Gasteiger partial charge in [0.1, 0.15) is 0 Å². The van der Waals surface area contributed by atoms with Crippen molar-refractivity contribution in [3.8, 4) is 0 Å². The Balaban J connectivity index is 2.02. The van der Waals surface area contributed by atoms with Gasteiger partial charge in [-0.25, -0.2) is 13.2 Å². The van der Waals surface area contributed by atoms with Crippen LogP contribution in [0.15, 0.2) is 47.3 Å². The maximum absolute atomic E-state index is 12.4. The van der Waals surface area contributed by atoms with Crippen LogP contribution in [0.25, 0.3) is 11.0 Å². The number of anilines is 1. The van der Waals surface area contributed by atoms with Crippen molar-refractivity contribution in [2.75, 3.05) is 17.1 Å². The normalized spacial score (nSPS) is 11.7. The van der Waals surface area contributed by atoms with Crippen molar-refractivity contribution in [3.63, 3.8) is 0 Å². The van der Waals surface area contributed by atoms with E-state index in [-0.39, 0.29) is 24.6 Å². The third-order valence-electron chi connectivity index (χ3n) is 4.73. The van der Waals surface area contributed by atoms with E-state index in [1.165, 1.54) is 13.4 Å². The Hall–Kier alpha value is -2.91. The second kappa shape index (κ2) is 7.25. The molecule has 0 bridgehead atoms. The first-order chi connectivity index (χ1) is 13.1. The molecule has 0 unspecified atom stereocenters. The third-order valence-corrected chi connectivity index (χ3v) is 5.87. The SMILES string of the molecule is Cn1c(=O)n(C)c2cc(N(Cc3ccc(C(=O)CN)cc3)S(C)(=O)=O)ccc21. The first-order valence-corrected chi connectivity index (χ1v) is 10.4. The maximum Gasteiger partial charge on any atom is 0.328 e. The summed E-state index contributed by atoms with van der Waals surface area (Å²) in [6.07, 6.45) is 1.13. The number of fused-ring (bicyclic) bond motifs is 1. The van der Waals surface area contributed by atoms with Gasteiger partial charge in [-0.2, -0.15) is 0 Å². The monoisotopic (exact) mass is 402 g/mol. The zero-order chi connectivity index (χ0) is 20.6. The summed E-state index contributed by atoms with van der Waals surface area (Å²) in [7, 11) is -0.265. The van der Waals surface area contributed by atoms with E-state index >= 15 is 0 Å². The molecule has 0 saturated heterocycles. The van der Waals surface area contributed by atoms with Gasteiger partial charge in [0.2, 0.25) is 10.0 Å². The van der Waals surface area contributed by atoms with Gasteiger partial charge in [0.25, 0.3) is 0 Å². The van der Waals surface area contributed by atoms with E-state index in [9.17, 15) is 18.0 Å². The Labute approximate surface area is 162 Å². The van der Waals surface area contributed by atoms with Crippen LogP contribution in [0, 0.1) is 0 Å². The Kier molecular flexibility index (Phi) is 5.14. The number of aromatic nitrogens is 2. The highest BCUT2D eigenvalue weighted by Crippen LogP contribution is 2.25. The van der Waals surface area contributed by atoms with Crippen molar-refractivity contribution < 1.29 is 13.2 Å². The molecule has 148 valence electrons. The number of hydrogen-bond acceptors (Lipinski definition) is 5. The minimum atomic E-state index is -3.58. The van der Waals surface area contributed by atoms with Crippen LogP contribution in [0.1, 0.15) is 15.9 Å². The Bertz CT molecular complexity index is 1210. The fourth-order valence-corrected chi connectivity index (χ4v) is 4.01. The van der Waals surface area contributed by atoms with Crippen LogP contribution in [0.5, 0.6) is 0 Å². The molecule has 8 nitrogen and oxygen atoms in total.